The molecule has 2 aromatic carbocycles. The molecular weight excluding hydrogens is 392 g/mol. The van der Waals surface area contributed by atoms with Gasteiger partial charge in [0.15, 0.2) is 11.5 Å². The number of methoxy groups -OCH3 is 2. The zero-order chi connectivity index (χ0) is 20.7. The van der Waals surface area contributed by atoms with Crippen LogP contribution in [0.25, 0.3) is 0 Å². The molecule has 6 nitrogen and oxygen atoms in total. The molecule has 152 valence electrons. The van der Waals surface area contributed by atoms with E-state index in [1.54, 1.807) is 32.4 Å². The quantitative estimate of drug-likeness (QED) is 0.718. The molecule has 2 aliphatic rings. The summed E-state index contributed by atoms with van der Waals surface area (Å²) < 4.78 is 10.8. The summed E-state index contributed by atoms with van der Waals surface area (Å²) in [7, 11) is 3.23. The Balaban J connectivity index is 1.60. The van der Waals surface area contributed by atoms with Gasteiger partial charge in [-0.05, 0) is 54.3 Å². The number of carbonyl (C=O) groups is 2. The van der Waals surface area contributed by atoms with Crippen molar-refractivity contribution in [3.8, 4) is 11.5 Å². The van der Waals surface area contributed by atoms with Crippen LogP contribution in [0, 0.1) is 6.92 Å². The number of anilines is 1. The van der Waals surface area contributed by atoms with E-state index in [9.17, 15) is 9.59 Å². The fraction of sp³-hybridized carbons (Fsp3) is 0.364. The average Bonchev–Trinajstić information content (AvgIpc) is 3.02. The van der Waals surface area contributed by atoms with Crippen LogP contribution in [-0.4, -0.2) is 43.5 Å². The Kier molecular flexibility index (Phi) is 5.23. The number of ether oxygens (including phenoxy) is 2. The summed E-state index contributed by atoms with van der Waals surface area (Å²) >= 11 is 6.20. The van der Waals surface area contributed by atoms with Gasteiger partial charge in [0.05, 0.1) is 32.4 Å². The van der Waals surface area contributed by atoms with Crippen molar-refractivity contribution in [1.29, 1.82) is 0 Å². The summed E-state index contributed by atoms with van der Waals surface area (Å²) in [4.78, 5) is 29.3. The van der Waals surface area contributed by atoms with Gasteiger partial charge in [-0.2, -0.15) is 0 Å². The summed E-state index contributed by atoms with van der Waals surface area (Å²) in [5.74, 6) is 0.986. The maximum Gasteiger partial charge on any atom is 0.251 e. The third kappa shape index (κ3) is 3.36. The van der Waals surface area contributed by atoms with Crippen molar-refractivity contribution < 1.29 is 19.1 Å². The van der Waals surface area contributed by atoms with Gasteiger partial charge in [-0.15, -0.1) is 0 Å². The zero-order valence-electron chi connectivity index (χ0n) is 16.7. The van der Waals surface area contributed by atoms with Crippen molar-refractivity contribution in [3.63, 3.8) is 0 Å². The minimum atomic E-state index is -0.470. The maximum atomic E-state index is 13.2. The van der Waals surface area contributed by atoms with Crippen LogP contribution in [0.4, 0.5) is 5.69 Å². The van der Waals surface area contributed by atoms with Crippen LogP contribution in [0.1, 0.15) is 23.1 Å². The molecule has 4 rings (SSSR count). The lowest BCUT2D eigenvalue weighted by Crippen LogP contribution is -2.44. The highest BCUT2D eigenvalue weighted by Crippen LogP contribution is 2.36. The zero-order valence-corrected chi connectivity index (χ0v) is 17.5. The van der Waals surface area contributed by atoms with Crippen LogP contribution < -0.4 is 14.4 Å². The number of halogens is 1. The fourth-order valence-corrected chi connectivity index (χ4v) is 4.33. The van der Waals surface area contributed by atoms with Crippen molar-refractivity contribution in [1.82, 2.24) is 4.90 Å². The number of nitrogens with zero attached hydrogens (tertiary/aromatic N) is 2. The summed E-state index contributed by atoms with van der Waals surface area (Å²) in [6.07, 6.45) is 0.956. The predicted octanol–water partition coefficient (Wildman–Crippen LogP) is 3.36. The number of carbonyl (C=O) groups excluding carboxylic acids is 2. The van der Waals surface area contributed by atoms with E-state index in [1.807, 2.05) is 19.1 Å². The lowest BCUT2D eigenvalue weighted by molar-refractivity contribution is -0.123. The Hall–Kier alpha value is -2.57. The van der Waals surface area contributed by atoms with E-state index < -0.39 is 6.04 Å². The first-order valence-electron chi connectivity index (χ1n) is 9.54. The van der Waals surface area contributed by atoms with Crippen LogP contribution in [0.15, 0.2) is 30.3 Å². The van der Waals surface area contributed by atoms with Crippen LogP contribution in [-0.2, 0) is 22.6 Å². The van der Waals surface area contributed by atoms with Gasteiger partial charge in [0.25, 0.3) is 5.91 Å². The van der Waals surface area contributed by atoms with Crippen molar-refractivity contribution in [2.75, 3.05) is 25.7 Å². The number of fused-ring (bicyclic) bond motifs is 1. The van der Waals surface area contributed by atoms with Gasteiger partial charge in [0.2, 0.25) is 5.91 Å². The number of imide groups is 1. The van der Waals surface area contributed by atoms with Crippen LogP contribution >= 0.6 is 11.6 Å². The van der Waals surface area contributed by atoms with Gasteiger partial charge >= 0.3 is 0 Å². The maximum absolute atomic E-state index is 13.2. The lowest BCUT2D eigenvalue weighted by atomic mass is 9.97. The van der Waals surface area contributed by atoms with Gasteiger partial charge < -0.3 is 9.47 Å². The standard InChI is InChI=1S/C22H23ClN2O4/c1-13-16(23)5-4-6-17(13)25-21(26)11-18(22(25)27)24-8-7-14-9-19(28-2)20(29-3)10-15(14)12-24/h4-6,9-10,18H,7-8,11-12H2,1-3H3. The van der Waals surface area contributed by atoms with Crippen molar-refractivity contribution >= 4 is 29.1 Å². The monoisotopic (exact) mass is 414 g/mol. The summed E-state index contributed by atoms with van der Waals surface area (Å²) in [6.45, 7) is 3.11. The summed E-state index contributed by atoms with van der Waals surface area (Å²) in [5, 5.41) is 0.541. The van der Waals surface area contributed by atoms with Gasteiger partial charge in [-0.1, -0.05) is 17.7 Å². The second-order valence-electron chi connectivity index (χ2n) is 7.37. The molecular formula is C22H23ClN2O4. The minimum Gasteiger partial charge on any atom is -0.493 e. The smallest absolute Gasteiger partial charge is 0.251 e. The lowest BCUT2D eigenvalue weighted by Gasteiger charge is -2.32. The molecule has 1 unspecified atom stereocenters. The van der Waals surface area contributed by atoms with E-state index in [4.69, 9.17) is 21.1 Å². The second kappa shape index (κ2) is 7.69. The Morgan fingerprint density at radius 1 is 1.07 bits per heavy atom. The molecule has 1 saturated heterocycles. The third-order valence-electron chi connectivity index (χ3n) is 5.79. The molecule has 7 heteroatoms. The minimum absolute atomic E-state index is 0.174. The Morgan fingerprint density at radius 2 is 1.76 bits per heavy atom. The third-order valence-corrected chi connectivity index (χ3v) is 6.20. The fourth-order valence-electron chi connectivity index (χ4n) is 4.16. The number of hydrogen-bond donors (Lipinski definition) is 0. The molecule has 0 bridgehead atoms. The van der Waals surface area contributed by atoms with E-state index >= 15 is 0 Å². The van der Waals surface area contributed by atoms with E-state index in [1.165, 1.54) is 10.5 Å². The van der Waals surface area contributed by atoms with Crippen LogP contribution in [0.2, 0.25) is 5.02 Å². The van der Waals surface area contributed by atoms with Gasteiger partial charge in [-0.25, -0.2) is 4.90 Å². The Bertz CT molecular complexity index is 991. The molecule has 2 aliphatic heterocycles. The molecule has 0 saturated carbocycles. The first kappa shape index (κ1) is 19.7. The Morgan fingerprint density at radius 3 is 2.45 bits per heavy atom. The molecule has 0 N–H and O–H groups in total. The van der Waals surface area contributed by atoms with E-state index in [0.717, 1.165) is 17.5 Å². The largest absolute Gasteiger partial charge is 0.493 e. The highest BCUT2D eigenvalue weighted by Gasteiger charge is 2.44. The van der Waals surface area contributed by atoms with Crippen LogP contribution in [0.3, 0.4) is 0 Å². The van der Waals surface area contributed by atoms with Crippen LogP contribution in [0.5, 0.6) is 11.5 Å². The normalized spacial score (nSPS) is 19.4. The van der Waals surface area contributed by atoms with Gasteiger partial charge in [-0.3, -0.25) is 14.5 Å². The van der Waals surface area contributed by atoms with Gasteiger partial charge in [0.1, 0.15) is 0 Å². The summed E-state index contributed by atoms with van der Waals surface area (Å²) in [5.41, 5.74) is 3.57. The Labute approximate surface area is 174 Å². The highest BCUT2D eigenvalue weighted by atomic mass is 35.5. The molecule has 1 atom stereocenters. The number of rotatable bonds is 4. The molecule has 0 spiro atoms. The molecule has 0 aromatic heterocycles. The molecule has 29 heavy (non-hydrogen) atoms. The predicted molar refractivity (Wildman–Crippen MR) is 111 cm³/mol. The molecule has 2 aromatic rings. The average molecular weight is 415 g/mol. The molecule has 2 heterocycles. The first-order valence-corrected chi connectivity index (χ1v) is 9.92. The molecule has 0 radical (unpaired) electrons. The van der Waals surface area contributed by atoms with E-state index in [-0.39, 0.29) is 18.2 Å². The van der Waals surface area contributed by atoms with Crippen molar-refractivity contribution in [3.05, 3.63) is 52.0 Å². The molecule has 1 fully saturated rings. The SMILES string of the molecule is COc1cc2c(cc1OC)CN(C1CC(=O)N(c3cccc(Cl)c3C)C1=O)CC2. The molecule has 0 aliphatic carbocycles. The number of hydrogen-bond acceptors (Lipinski definition) is 5. The van der Waals surface area contributed by atoms with Crippen molar-refractivity contribution in [2.24, 2.45) is 0 Å². The van der Waals surface area contributed by atoms with E-state index in [2.05, 4.69) is 4.90 Å². The molecule has 2 amide bonds. The highest BCUT2D eigenvalue weighted by molar-refractivity contribution is 6.32. The number of amides is 2. The second-order valence-corrected chi connectivity index (χ2v) is 7.77. The first-order chi connectivity index (χ1) is 13.9. The van der Waals surface area contributed by atoms with Gasteiger partial charge in [0, 0.05) is 18.1 Å². The number of benzene rings is 2. The van der Waals surface area contributed by atoms with Crippen molar-refractivity contribution in [2.45, 2.75) is 32.4 Å². The topological polar surface area (TPSA) is 59.1 Å². The summed E-state index contributed by atoms with van der Waals surface area (Å²) in [6, 6.07) is 8.76. The van der Waals surface area contributed by atoms with E-state index in [0.29, 0.717) is 35.3 Å².